The topological polar surface area (TPSA) is 65.8 Å². The average Bonchev–Trinajstić information content (AvgIpc) is 3.23. The normalized spacial score (nSPS) is 21.8. The van der Waals surface area contributed by atoms with Gasteiger partial charge in [-0.15, -0.1) is 0 Å². The molecule has 1 aromatic rings. The van der Waals surface area contributed by atoms with Gasteiger partial charge in [-0.05, 0) is 35.8 Å². The number of sulfonamides is 1. The van der Waals surface area contributed by atoms with E-state index in [-0.39, 0.29) is 9.56 Å². The SMILES string of the molecule is CNCc1cc(S(=O)(=O)N2CCN(C3CC3)CC2)c(Br)o1. The van der Waals surface area contributed by atoms with E-state index >= 15 is 0 Å². The Balaban J connectivity index is 1.74. The molecule has 1 saturated heterocycles. The van der Waals surface area contributed by atoms with Crippen molar-refractivity contribution in [1.29, 1.82) is 0 Å². The van der Waals surface area contributed by atoms with Crippen LogP contribution in [0.3, 0.4) is 0 Å². The standard InChI is InChI=1S/C13H20BrN3O3S/c1-15-9-11-8-12(13(14)20-11)21(18,19)17-6-4-16(5-7-17)10-2-3-10/h8,10,15H,2-7,9H2,1H3. The molecule has 1 aliphatic heterocycles. The zero-order valence-corrected chi connectivity index (χ0v) is 14.4. The minimum Gasteiger partial charge on any atom is -0.452 e. The summed E-state index contributed by atoms with van der Waals surface area (Å²) in [4.78, 5) is 2.62. The predicted octanol–water partition coefficient (Wildman–Crippen LogP) is 1.23. The first-order valence-electron chi connectivity index (χ1n) is 7.19. The third-order valence-corrected chi connectivity index (χ3v) is 6.77. The second-order valence-corrected chi connectivity index (χ2v) is 8.18. The summed E-state index contributed by atoms with van der Waals surface area (Å²) in [6.07, 6.45) is 2.51. The smallest absolute Gasteiger partial charge is 0.247 e. The van der Waals surface area contributed by atoms with Crippen LogP contribution in [-0.4, -0.2) is 56.9 Å². The molecule has 0 unspecified atom stereocenters. The fourth-order valence-corrected chi connectivity index (χ4v) is 5.11. The number of hydrogen-bond donors (Lipinski definition) is 1. The van der Waals surface area contributed by atoms with Gasteiger partial charge in [0.1, 0.15) is 10.7 Å². The summed E-state index contributed by atoms with van der Waals surface area (Å²) < 4.78 is 32.7. The van der Waals surface area contributed by atoms with Crippen LogP contribution in [0.5, 0.6) is 0 Å². The Bertz CT molecular complexity index is 604. The summed E-state index contributed by atoms with van der Waals surface area (Å²) in [6.45, 7) is 3.25. The molecule has 0 amide bonds. The van der Waals surface area contributed by atoms with E-state index in [4.69, 9.17) is 4.42 Å². The highest BCUT2D eigenvalue weighted by Gasteiger charge is 2.36. The molecular weight excluding hydrogens is 358 g/mol. The third-order valence-electron chi connectivity index (χ3n) is 4.01. The second-order valence-electron chi connectivity index (χ2n) is 5.55. The van der Waals surface area contributed by atoms with Gasteiger partial charge in [0.2, 0.25) is 10.0 Å². The van der Waals surface area contributed by atoms with Crippen LogP contribution in [0.1, 0.15) is 18.6 Å². The Morgan fingerprint density at radius 3 is 2.57 bits per heavy atom. The van der Waals surface area contributed by atoms with Crippen molar-refractivity contribution in [1.82, 2.24) is 14.5 Å². The predicted molar refractivity (Wildman–Crippen MR) is 82.5 cm³/mol. The fraction of sp³-hybridized carbons (Fsp3) is 0.692. The molecule has 2 fully saturated rings. The molecule has 2 aliphatic rings. The van der Waals surface area contributed by atoms with Gasteiger partial charge in [-0.3, -0.25) is 4.90 Å². The van der Waals surface area contributed by atoms with Crippen LogP contribution in [0, 0.1) is 0 Å². The van der Waals surface area contributed by atoms with E-state index in [2.05, 4.69) is 26.1 Å². The molecule has 1 aromatic heterocycles. The molecule has 0 radical (unpaired) electrons. The van der Waals surface area contributed by atoms with Crippen molar-refractivity contribution >= 4 is 26.0 Å². The van der Waals surface area contributed by atoms with Gasteiger partial charge in [0.05, 0.1) is 6.54 Å². The maximum atomic E-state index is 12.7. The Morgan fingerprint density at radius 2 is 2.00 bits per heavy atom. The van der Waals surface area contributed by atoms with Crippen LogP contribution in [0.25, 0.3) is 0 Å². The van der Waals surface area contributed by atoms with Crippen LogP contribution in [-0.2, 0) is 16.6 Å². The monoisotopic (exact) mass is 377 g/mol. The molecule has 118 valence electrons. The van der Waals surface area contributed by atoms with Crippen LogP contribution in [0.4, 0.5) is 0 Å². The number of nitrogens with zero attached hydrogens (tertiary/aromatic N) is 2. The van der Waals surface area contributed by atoms with E-state index in [1.165, 1.54) is 12.8 Å². The highest BCUT2D eigenvalue weighted by molar-refractivity contribution is 9.10. The Labute approximate surface area is 133 Å². The summed E-state index contributed by atoms with van der Waals surface area (Å²) in [5.74, 6) is 0.611. The number of furan rings is 1. The van der Waals surface area contributed by atoms with Crippen LogP contribution < -0.4 is 5.32 Å². The molecule has 0 aromatic carbocycles. The highest BCUT2D eigenvalue weighted by atomic mass is 79.9. The molecule has 21 heavy (non-hydrogen) atoms. The number of rotatable bonds is 5. The van der Waals surface area contributed by atoms with Gasteiger partial charge in [-0.1, -0.05) is 0 Å². The van der Waals surface area contributed by atoms with Gasteiger partial charge < -0.3 is 9.73 Å². The molecular formula is C13H20BrN3O3S. The zero-order chi connectivity index (χ0) is 15.0. The second kappa shape index (κ2) is 6.00. The fourth-order valence-electron chi connectivity index (χ4n) is 2.72. The van der Waals surface area contributed by atoms with E-state index in [0.717, 1.165) is 13.1 Å². The van der Waals surface area contributed by atoms with Crippen LogP contribution in [0.2, 0.25) is 0 Å². The Kier molecular flexibility index (Phi) is 4.42. The molecule has 1 aliphatic carbocycles. The van der Waals surface area contributed by atoms with E-state index in [1.54, 1.807) is 17.4 Å². The minimum atomic E-state index is -3.48. The van der Waals surface area contributed by atoms with Crippen LogP contribution in [0.15, 0.2) is 20.0 Å². The van der Waals surface area contributed by atoms with Crippen molar-refractivity contribution in [3.05, 3.63) is 16.5 Å². The van der Waals surface area contributed by atoms with Crippen molar-refractivity contribution in [2.45, 2.75) is 30.3 Å². The molecule has 2 heterocycles. The average molecular weight is 378 g/mol. The molecule has 3 rings (SSSR count). The van der Waals surface area contributed by atoms with E-state index in [1.807, 2.05) is 0 Å². The summed E-state index contributed by atoms with van der Waals surface area (Å²) in [5.41, 5.74) is 0. The maximum absolute atomic E-state index is 12.7. The summed E-state index contributed by atoms with van der Waals surface area (Å²) in [7, 11) is -1.69. The lowest BCUT2D eigenvalue weighted by atomic mass is 10.3. The number of hydrogen-bond acceptors (Lipinski definition) is 5. The van der Waals surface area contributed by atoms with E-state index < -0.39 is 10.0 Å². The molecule has 0 bridgehead atoms. The van der Waals surface area contributed by atoms with Gasteiger partial charge in [0.25, 0.3) is 0 Å². The first-order valence-corrected chi connectivity index (χ1v) is 9.42. The Morgan fingerprint density at radius 1 is 1.33 bits per heavy atom. The lowest BCUT2D eigenvalue weighted by molar-refractivity contribution is 0.180. The number of nitrogens with one attached hydrogen (secondary N) is 1. The van der Waals surface area contributed by atoms with E-state index in [9.17, 15) is 8.42 Å². The summed E-state index contributed by atoms with van der Waals surface area (Å²) in [6, 6.07) is 2.29. The highest BCUT2D eigenvalue weighted by Crippen LogP contribution is 2.31. The lowest BCUT2D eigenvalue weighted by Crippen LogP contribution is -2.49. The van der Waals surface area contributed by atoms with Gasteiger partial charge >= 0.3 is 0 Å². The summed E-state index contributed by atoms with van der Waals surface area (Å²) >= 11 is 3.22. The third kappa shape index (κ3) is 3.19. The quantitative estimate of drug-likeness (QED) is 0.835. The van der Waals surface area contributed by atoms with Crippen molar-refractivity contribution < 1.29 is 12.8 Å². The summed E-state index contributed by atoms with van der Waals surface area (Å²) in [5, 5.41) is 2.95. The van der Waals surface area contributed by atoms with Gasteiger partial charge in [0, 0.05) is 38.3 Å². The zero-order valence-electron chi connectivity index (χ0n) is 12.0. The maximum Gasteiger partial charge on any atom is 0.247 e. The first-order chi connectivity index (χ1) is 10.0. The van der Waals surface area contributed by atoms with Gasteiger partial charge in [-0.25, -0.2) is 8.42 Å². The van der Waals surface area contributed by atoms with Crippen molar-refractivity contribution in [2.24, 2.45) is 0 Å². The molecule has 0 spiro atoms. The van der Waals surface area contributed by atoms with E-state index in [0.29, 0.717) is 31.4 Å². The lowest BCUT2D eigenvalue weighted by Gasteiger charge is -2.33. The molecule has 1 N–H and O–H groups in total. The minimum absolute atomic E-state index is 0.229. The first kappa shape index (κ1) is 15.5. The molecule has 8 heteroatoms. The Hall–Kier alpha value is -0.410. The largest absolute Gasteiger partial charge is 0.452 e. The van der Waals surface area contributed by atoms with Gasteiger partial charge in [0.15, 0.2) is 4.67 Å². The molecule has 6 nitrogen and oxygen atoms in total. The number of piperazine rings is 1. The van der Waals surface area contributed by atoms with Crippen molar-refractivity contribution in [2.75, 3.05) is 33.2 Å². The number of halogens is 1. The molecule has 0 atom stereocenters. The van der Waals surface area contributed by atoms with Crippen molar-refractivity contribution in [3.8, 4) is 0 Å². The van der Waals surface area contributed by atoms with Gasteiger partial charge in [-0.2, -0.15) is 4.31 Å². The van der Waals surface area contributed by atoms with Crippen LogP contribution >= 0.6 is 15.9 Å². The van der Waals surface area contributed by atoms with Crippen molar-refractivity contribution in [3.63, 3.8) is 0 Å². The molecule has 1 saturated carbocycles.